The lowest BCUT2D eigenvalue weighted by atomic mass is 9.99. The van der Waals surface area contributed by atoms with Crippen molar-refractivity contribution < 1.29 is 15.0 Å². The standard InChI is InChI=1S/C11H14O3/c1-3-10(12)9-5-4-8(11(13)14)6-7(9)2/h4-6,10,12H,3H2,1-2H3,(H,13,14). The molecular weight excluding hydrogens is 180 g/mol. The van der Waals surface area contributed by atoms with E-state index < -0.39 is 12.1 Å². The van der Waals surface area contributed by atoms with Crippen LogP contribution in [0.2, 0.25) is 0 Å². The van der Waals surface area contributed by atoms with Crippen molar-refractivity contribution in [3.05, 3.63) is 34.9 Å². The summed E-state index contributed by atoms with van der Waals surface area (Å²) in [7, 11) is 0. The third-order valence-electron chi connectivity index (χ3n) is 2.26. The first-order chi connectivity index (χ1) is 6.56. The molecule has 0 fully saturated rings. The molecule has 1 aromatic carbocycles. The quantitative estimate of drug-likeness (QED) is 0.775. The minimum Gasteiger partial charge on any atom is -0.478 e. The first kappa shape index (κ1) is 10.7. The zero-order chi connectivity index (χ0) is 10.7. The third-order valence-corrected chi connectivity index (χ3v) is 2.26. The molecule has 0 amide bonds. The van der Waals surface area contributed by atoms with Crippen molar-refractivity contribution in [3.63, 3.8) is 0 Å². The highest BCUT2D eigenvalue weighted by Gasteiger charge is 2.10. The van der Waals surface area contributed by atoms with Crippen LogP contribution in [0.15, 0.2) is 18.2 Å². The van der Waals surface area contributed by atoms with Crippen LogP contribution < -0.4 is 0 Å². The zero-order valence-electron chi connectivity index (χ0n) is 8.32. The number of carbonyl (C=O) groups is 1. The van der Waals surface area contributed by atoms with Crippen LogP contribution in [-0.2, 0) is 0 Å². The fourth-order valence-electron chi connectivity index (χ4n) is 1.40. The van der Waals surface area contributed by atoms with E-state index in [-0.39, 0.29) is 5.56 Å². The number of aliphatic hydroxyl groups excluding tert-OH is 1. The van der Waals surface area contributed by atoms with Crippen molar-refractivity contribution in [2.45, 2.75) is 26.4 Å². The van der Waals surface area contributed by atoms with E-state index in [1.54, 1.807) is 19.1 Å². The number of benzene rings is 1. The summed E-state index contributed by atoms with van der Waals surface area (Å²) in [6, 6.07) is 4.77. The molecule has 14 heavy (non-hydrogen) atoms. The molecule has 76 valence electrons. The van der Waals surface area contributed by atoms with Crippen molar-refractivity contribution in [1.82, 2.24) is 0 Å². The number of aliphatic hydroxyl groups is 1. The molecule has 0 saturated heterocycles. The van der Waals surface area contributed by atoms with Gasteiger partial charge in [0.25, 0.3) is 0 Å². The molecule has 0 heterocycles. The number of carboxylic acid groups (broad SMARTS) is 1. The zero-order valence-corrected chi connectivity index (χ0v) is 8.32. The average molecular weight is 194 g/mol. The SMILES string of the molecule is CCC(O)c1ccc(C(=O)O)cc1C. The maximum Gasteiger partial charge on any atom is 0.335 e. The first-order valence-electron chi connectivity index (χ1n) is 4.58. The van der Waals surface area contributed by atoms with Crippen LogP contribution >= 0.6 is 0 Å². The Hall–Kier alpha value is -1.35. The van der Waals surface area contributed by atoms with Crippen molar-refractivity contribution in [3.8, 4) is 0 Å². The van der Waals surface area contributed by atoms with Gasteiger partial charge in [-0.3, -0.25) is 0 Å². The first-order valence-corrected chi connectivity index (χ1v) is 4.58. The monoisotopic (exact) mass is 194 g/mol. The number of carboxylic acids is 1. The van der Waals surface area contributed by atoms with Crippen LogP contribution in [0.5, 0.6) is 0 Å². The molecular formula is C11H14O3. The van der Waals surface area contributed by atoms with Gasteiger partial charge in [0.1, 0.15) is 0 Å². The van der Waals surface area contributed by atoms with E-state index in [0.717, 1.165) is 11.1 Å². The van der Waals surface area contributed by atoms with E-state index in [1.807, 2.05) is 6.92 Å². The van der Waals surface area contributed by atoms with Crippen molar-refractivity contribution in [2.24, 2.45) is 0 Å². The van der Waals surface area contributed by atoms with Crippen LogP contribution in [0.25, 0.3) is 0 Å². The van der Waals surface area contributed by atoms with Gasteiger partial charge in [-0.05, 0) is 36.6 Å². The molecule has 0 aliphatic carbocycles. The van der Waals surface area contributed by atoms with Gasteiger partial charge in [-0.2, -0.15) is 0 Å². The lowest BCUT2D eigenvalue weighted by Crippen LogP contribution is -2.02. The molecule has 0 aliphatic heterocycles. The highest BCUT2D eigenvalue weighted by atomic mass is 16.4. The summed E-state index contributed by atoms with van der Waals surface area (Å²) in [6.45, 7) is 3.69. The van der Waals surface area contributed by atoms with E-state index in [0.29, 0.717) is 6.42 Å². The second-order valence-corrected chi connectivity index (χ2v) is 3.30. The van der Waals surface area contributed by atoms with Crippen molar-refractivity contribution >= 4 is 5.97 Å². The molecule has 1 atom stereocenters. The normalized spacial score (nSPS) is 12.5. The van der Waals surface area contributed by atoms with E-state index in [2.05, 4.69) is 0 Å². The van der Waals surface area contributed by atoms with Crippen LogP contribution in [0.4, 0.5) is 0 Å². The molecule has 0 saturated carbocycles. The number of rotatable bonds is 3. The molecule has 3 heteroatoms. The van der Waals surface area contributed by atoms with E-state index in [4.69, 9.17) is 5.11 Å². The van der Waals surface area contributed by atoms with Gasteiger partial charge in [-0.25, -0.2) is 4.79 Å². The Labute approximate surface area is 83.0 Å². The van der Waals surface area contributed by atoms with Gasteiger partial charge < -0.3 is 10.2 Å². The van der Waals surface area contributed by atoms with Crippen LogP contribution in [0.3, 0.4) is 0 Å². The Kier molecular flexibility index (Phi) is 3.25. The average Bonchev–Trinajstić information content (AvgIpc) is 2.16. The highest BCUT2D eigenvalue weighted by Crippen LogP contribution is 2.21. The molecule has 2 N–H and O–H groups in total. The molecule has 1 unspecified atom stereocenters. The van der Waals surface area contributed by atoms with E-state index in [9.17, 15) is 9.90 Å². The van der Waals surface area contributed by atoms with Crippen LogP contribution in [0.1, 0.15) is 40.9 Å². The van der Waals surface area contributed by atoms with E-state index >= 15 is 0 Å². The van der Waals surface area contributed by atoms with Gasteiger partial charge in [0.2, 0.25) is 0 Å². The van der Waals surface area contributed by atoms with Crippen molar-refractivity contribution in [2.75, 3.05) is 0 Å². The summed E-state index contributed by atoms with van der Waals surface area (Å²) >= 11 is 0. The highest BCUT2D eigenvalue weighted by molar-refractivity contribution is 5.87. The molecule has 3 nitrogen and oxygen atoms in total. The predicted molar refractivity (Wildman–Crippen MR) is 53.4 cm³/mol. The fourth-order valence-corrected chi connectivity index (χ4v) is 1.40. The Balaban J connectivity index is 3.07. The van der Waals surface area contributed by atoms with Gasteiger partial charge in [0, 0.05) is 0 Å². The molecule has 0 spiro atoms. The Morgan fingerprint density at radius 1 is 1.50 bits per heavy atom. The van der Waals surface area contributed by atoms with E-state index in [1.165, 1.54) is 6.07 Å². The molecule has 1 aromatic rings. The fraction of sp³-hybridized carbons (Fsp3) is 0.364. The van der Waals surface area contributed by atoms with Gasteiger partial charge >= 0.3 is 5.97 Å². The maximum atomic E-state index is 10.6. The topological polar surface area (TPSA) is 57.5 Å². The Morgan fingerprint density at radius 3 is 2.57 bits per heavy atom. The minimum atomic E-state index is -0.939. The largest absolute Gasteiger partial charge is 0.478 e. The number of hydrogen-bond acceptors (Lipinski definition) is 2. The molecule has 0 bridgehead atoms. The number of hydrogen-bond donors (Lipinski definition) is 2. The van der Waals surface area contributed by atoms with Crippen LogP contribution in [-0.4, -0.2) is 16.2 Å². The predicted octanol–water partition coefficient (Wildman–Crippen LogP) is 2.14. The van der Waals surface area contributed by atoms with Gasteiger partial charge in [-0.15, -0.1) is 0 Å². The number of aromatic carboxylic acids is 1. The summed E-state index contributed by atoms with van der Waals surface area (Å²) in [5, 5.41) is 18.3. The van der Waals surface area contributed by atoms with Gasteiger partial charge in [0.05, 0.1) is 11.7 Å². The summed E-state index contributed by atoms with van der Waals surface area (Å²) in [6.07, 6.45) is 0.130. The molecule has 1 rings (SSSR count). The summed E-state index contributed by atoms with van der Waals surface area (Å²) in [4.78, 5) is 10.6. The Bertz CT molecular complexity index is 344. The van der Waals surface area contributed by atoms with Gasteiger partial charge in [-0.1, -0.05) is 13.0 Å². The smallest absolute Gasteiger partial charge is 0.335 e. The molecule has 0 aromatic heterocycles. The maximum absolute atomic E-state index is 10.6. The third kappa shape index (κ3) is 2.12. The Morgan fingerprint density at radius 2 is 2.14 bits per heavy atom. The van der Waals surface area contributed by atoms with Gasteiger partial charge in [0.15, 0.2) is 0 Å². The minimum absolute atomic E-state index is 0.259. The summed E-state index contributed by atoms with van der Waals surface area (Å²) in [5.74, 6) is -0.939. The summed E-state index contributed by atoms with van der Waals surface area (Å²) in [5.41, 5.74) is 1.88. The molecule has 0 aliphatic rings. The number of aryl methyl sites for hydroxylation is 1. The van der Waals surface area contributed by atoms with Crippen molar-refractivity contribution in [1.29, 1.82) is 0 Å². The second-order valence-electron chi connectivity index (χ2n) is 3.30. The lowest BCUT2D eigenvalue weighted by Gasteiger charge is -2.11. The lowest BCUT2D eigenvalue weighted by molar-refractivity contribution is 0.0696. The molecule has 0 radical (unpaired) electrons. The second kappa shape index (κ2) is 4.24. The van der Waals surface area contributed by atoms with Crippen LogP contribution in [0, 0.1) is 6.92 Å². The summed E-state index contributed by atoms with van der Waals surface area (Å²) < 4.78 is 0.